The predicted octanol–water partition coefficient (Wildman–Crippen LogP) is 4.21. The summed E-state index contributed by atoms with van der Waals surface area (Å²) in [7, 11) is 0. The van der Waals surface area contributed by atoms with Crippen molar-refractivity contribution in [2.75, 3.05) is 5.32 Å². The Balaban J connectivity index is 2.08. The maximum absolute atomic E-state index is 12.5. The summed E-state index contributed by atoms with van der Waals surface area (Å²) in [4.78, 5) is 34.7. The van der Waals surface area contributed by atoms with E-state index in [0.717, 1.165) is 16.8 Å². The number of ether oxygens (including phenoxy) is 1. The van der Waals surface area contributed by atoms with Crippen molar-refractivity contribution in [2.24, 2.45) is 0 Å². The van der Waals surface area contributed by atoms with Gasteiger partial charge in [0.2, 0.25) is 0 Å². The molecule has 2 aromatic carbocycles. The number of nitro groups is 1. The third-order valence-corrected chi connectivity index (χ3v) is 4.14. The van der Waals surface area contributed by atoms with Crippen LogP contribution in [0.15, 0.2) is 42.5 Å². The number of nitro benzene ring substituents is 1. The number of esters is 1. The smallest absolute Gasteiger partial charge is 0.338 e. The van der Waals surface area contributed by atoms with Crippen molar-refractivity contribution in [1.29, 1.82) is 0 Å². The van der Waals surface area contributed by atoms with E-state index < -0.39 is 22.9 Å². The molecule has 0 bridgehead atoms. The number of aryl methyl sites for hydroxylation is 1. The number of hydrogen-bond acceptors (Lipinski definition) is 5. The van der Waals surface area contributed by atoms with Gasteiger partial charge in [0.25, 0.3) is 11.6 Å². The molecule has 2 aromatic rings. The van der Waals surface area contributed by atoms with E-state index in [2.05, 4.69) is 5.32 Å². The van der Waals surface area contributed by atoms with Crippen molar-refractivity contribution in [1.82, 2.24) is 0 Å². The number of nitrogens with one attached hydrogen (secondary N) is 1. The first-order valence-electron chi connectivity index (χ1n) is 8.56. The Kier molecular flexibility index (Phi) is 6.28. The molecule has 27 heavy (non-hydrogen) atoms. The highest BCUT2D eigenvalue weighted by Crippen LogP contribution is 2.27. The molecule has 1 N–H and O–H groups in total. The zero-order chi connectivity index (χ0) is 20.1. The van der Waals surface area contributed by atoms with Gasteiger partial charge in [0.05, 0.1) is 10.5 Å². The second kappa shape index (κ2) is 8.44. The second-order valence-electron chi connectivity index (χ2n) is 6.53. The van der Waals surface area contributed by atoms with Gasteiger partial charge in [0, 0.05) is 17.8 Å². The van der Waals surface area contributed by atoms with E-state index in [-0.39, 0.29) is 17.2 Å². The summed E-state index contributed by atoms with van der Waals surface area (Å²) >= 11 is 0. The molecule has 0 aromatic heterocycles. The molecule has 0 unspecified atom stereocenters. The van der Waals surface area contributed by atoms with Crippen LogP contribution >= 0.6 is 0 Å². The second-order valence-corrected chi connectivity index (χ2v) is 6.53. The Hall–Kier alpha value is -3.22. The van der Waals surface area contributed by atoms with Gasteiger partial charge in [-0.15, -0.1) is 0 Å². The van der Waals surface area contributed by atoms with E-state index in [1.807, 2.05) is 39.0 Å². The molecule has 0 fully saturated rings. The minimum Gasteiger partial charge on any atom is -0.449 e. The molecular formula is C20H22N2O5. The van der Waals surface area contributed by atoms with Crippen LogP contribution in [0.1, 0.15) is 48.2 Å². The molecule has 1 amide bonds. The molecule has 0 saturated heterocycles. The largest absolute Gasteiger partial charge is 0.449 e. The number of nitrogens with zero attached hydrogens (tertiary/aromatic N) is 1. The van der Waals surface area contributed by atoms with Gasteiger partial charge in [-0.2, -0.15) is 0 Å². The number of hydrogen-bond donors (Lipinski definition) is 1. The minimum atomic E-state index is -1.02. The maximum atomic E-state index is 12.5. The summed E-state index contributed by atoms with van der Waals surface area (Å²) in [5.41, 5.74) is 2.65. The zero-order valence-corrected chi connectivity index (χ0v) is 15.7. The molecule has 2 rings (SSSR count). The fourth-order valence-electron chi connectivity index (χ4n) is 2.57. The van der Waals surface area contributed by atoms with E-state index in [9.17, 15) is 19.7 Å². The number of para-hydroxylation sites is 1. The predicted molar refractivity (Wildman–Crippen MR) is 102 cm³/mol. The Labute approximate surface area is 157 Å². The maximum Gasteiger partial charge on any atom is 0.338 e. The van der Waals surface area contributed by atoms with Crippen LogP contribution in [-0.4, -0.2) is 22.9 Å². The number of carbonyl (C=O) groups is 2. The van der Waals surface area contributed by atoms with Crippen LogP contribution in [0, 0.1) is 17.0 Å². The third-order valence-electron chi connectivity index (χ3n) is 4.14. The Morgan fingerprint density at radius 1 is 1.07 bits per heavy atom. The highest BCUT2D eigenvalue weighted by Gasteiger charge is 2.21. The van der Waals surface area contributed by atoms with E-state index in [1.54, 1.807) is 0 Å². The van der Waals surface area contributed by atoms with Gasteiger partial charge in [-0.05, 0) is 43.0 Å². The van der Waals surface area contributed by atoms with Crippen LogP contribution in [0.25, 0.3) is 0 Å². The molecule has 142 valence electrons. The van der Waals surface area contributed by atoms with Crippen LogP contribution in [0.4, 0.5) is 11.4 Å². The average Bonchev–Trinajstić information content (AvgIpc) is 2.62. The summed E-state index contributed by atoms with van der Waals surface area (Å²) in [5, 5.41) is 13.5. The van der Waals surface area contributed by atoms with Gasteiger partial charge < -0.3 is 10.1 Å². The lowest BCUT2D eigenvalue weighted by molar-refractivity contribution is -0.384. The molecule has 0 aliphatic carbocycles. The Morgan fingerprint density at radius 3 is 2.26 bits per heavy atom. The van der Waals surface area contributed by atoms with E-state index in [1.165, 1.54) is 31.2 Å². The van der Waals surface area contributed by atoms with Gasteiger partial charge in [0.15, 0.2) is 6.10 Å². The van der Waals surface area contributed by atoms with E-state index in [4.69, 9.17) is 4.74 Å². The fraction of sp³-hybridized carbons (Fsp3) is 0.300. The lowest BCUT2D eigenvalue weighted by Gasteiger charge is -2.19. The van der Waals surface area contributed by atoms with Gasteiger partial charge in [0.1, 0.15) is 0 Å². The first-order valence-corrected chi connectivity index (χ1v) is 8.56. The van der Waals surface area contributed by atoms with Gasteiger partial charge in [-0.3, -0.25) is 14.9 Å². The van der Waals surface area contributed by atoms with Crippen molar-refractivity contribution in [3.63, 3.8) is 0 Å². The van der Waals surface area contributed by atoms with E-state index in [0.29, 0.717) is 0 Å². The topological polar surface area (TPSA) is 98.5 Å². The quantitative estimate of drug-likeness (QED) is 0.466. The first kappa shape index (κ1) is 20.1. The van der Waals surface area contributed by atoms with Crippen LogP contribution < -0.4 is 5.32 Å². The summed E-state index contributed by atoms with van der Waals surface area (Å²) in [5.74, 6) is -0.943. The average molecular weight is 370 g/mol. The third kappa shape index (κ3) is 4.91. The number of amides is 1. The highest BCUT2D eigenvalue weighted by atomic mass is 16.6. The summed E-state index contributed by atoms with van der Waals surface area (Å²) in [6.45, 7) is 7.44. The molecule has 7 heteroatoms. The first-order chi connectivity index (χ1) is 12.7. The molecule has 0 aliphatic heterocycles. The van der Waals surface area contributed by atoms with Crippen LogP contribution in [0.5, 0.6) is 0 Å². The molecule has 0 heterocycles. The van der Waals surface area contributed by atoms with Crippen LogP contribution in [0.3, 0.4) is 0 Å². The molecule has 0 spiro atoms. The summed E-state index contributed by atoms with van der Waals surface area (Å²) in [6, 6.07) is 10.8. The highest BCUT2D eigenvalue weighted by molar-refractivity contribution is 5.98. The lowest BCUT2D eigenvalue weighted by Crippen LogP contribution is -2.30. The Bertz CT molecular complexity index is 859. The summed E-state index contributed by atoms with van der Waals surface area (Å²) in [6.07, 6.45) is -1.02. The molecule has 7 nitrogen and oxygen atoms in total. The number of benzene rings is 2. The molecular weight excluding hydrogens is 348 g/mol. The summed E-state index contributed by atoms with van der Waals surface area (Å²) < 4.78 is 5.19. The lowest BCUT2D eigenvalue weighted by atomic mass is 9.98. The normalized spacial score (nSPS) is 11.7. The van der Waals surface area contributed by atoms with Crippen molar-refractivity contribution in [2.45, 2.75) is 39.7 Å². The van der Waals surface area contributed by atoms with Crippen LogP contribution in [0.2, 0.25) is 0 Å². The molecule has 1 atom stereocenters. The van der Waals surface area contributed by atoms with Crippen molar-refractivity contribution in [3.8, 4) is 0 Å². The number of carbonyl (C=O) groups excluding carboxylic acids is 2. The van der Waals surface area contributed by atoms with Gasteiger partial charge in [-0.1, -0.05) is 32.0 Å². The Morgan fingerprint density at radius 2 is 1.70 bits per heavy atom. The SMILES string of the molecule is Cc1cccc(C(C)C)c1NC(=O)[C@@H](C)OC(=O)c1ccc([N+](=O)[O-])cc1. The van der Waals surface area contributed by atoms with Crippen LogP contribution in [-0.2, 0) is 9.53 Å². The zero-order valence-electron chi connectivity index (χ0n) is 15.7. The fourth-order valence-corrected chi connectivity index (χ4v) is 2.57. The molecule has 0 saturated carbocycles. The number of rotatable bonds is 6. The van der Waals surface area contributed by atoms with Crippen molar-refractivity contribution < 1.29 is 19.2 Å². The van der Waals surface area contributed by atoms with Gasteiger partial charge in [-0.25, -0.2) is 4.79 Å². The van der Waals surface area contributed by atoms with Crippen molar-refractivity contribution >= 4 is 23.3 Å². The minimum absolute atomic E-state index is 0.127. The number of non-ortho nitro benzene ring substituents is 1. The molecule has 0 aliphatic rings. The standard InChI is InChI=1S/C20H22N2O5/c1-12(2)17-7-5-6-13(3)18(17)21-19(23)14(4)27-20(24)15-8-10-16(11-9-15)22(25)26/h5-12,14H,1-4H3,(H,21,23)/t14-/m1/s1. The number of anilines is 1. The van der Waals surface area contributed by atoms with E-state index >= 15 is 0 Å². The monoisotopic (exact) mass is 370 g/mol. The van der Waals surface area contributed by atoms with Gasteiger partial charge >= 0.3 is 5.97 Å². The van der Waals surface area contributed by atoms with Crippen molar-refractivity contribution in [3.05, 3.63) is 69.3 Å². The molecule has 0 radical (unpaired) electrons.